The summed E-state index contributed by atoms with van der Waals surface area (Å²) in [7, 11) is 0. The normalized spacial score (nSPS) is 23.7. The highest BCUT2D eigenvalue weighted by Crippen LogP contribution is 2.42. The van der Waals surface area contributed by atoms with Crippen molar-refractivity contribution in [2.75, 3.05) is 55.7 Å². The van der Waals surface area contributed by atoms with Crippen LogP contribution < -0.4 is 14.5 Å². The van der Waals surface area contributed by atoms with Gasteiger partial charge < -0.3 is 24.0 Å². The summed E-state index contributed by atoms with van der Waals surface area (Å²) in [5, 5.41) is 16.5. The molecule has 0 spiro atoms. The van der Waals surface area contributed by atoms with E-state index in [-0.39, 0.29) is 35.7 Å². The van der Waals surface area contributed by atoms with E-state index in [9.17, 15) is 14.4 Å². The van der Waals surface area contributed by atoms with E-state index >= 15 is 0 Å². The van der Waals surface area contributed by atoms with E-state index < -0.39 is 6.17 Å². The van der Waals surface area contributed by atoms with Gasteiger partial charge in [0.2, 0.25) is 5.91 Å². The lowest BCUT2D eigenvalue weighted by Gasteiger charge is -2.42. The van der Waals surface area contributed by atoms with Crippen LogP contribution in [0.5, 0.6) is 6.01 Å². The first-order valence-electron chi connectivity index (χ1n) is 18.7. The van der Waals surface area contributed by atoms with Crippen molar-refractivity contribution in [2.45, 2.75) is 75.2 Å². The van der Waals surface area contributed by atoms with E-state index in [1.165, 1.54) is 25.0 Å². The Morgan fingerprint density at radius 3 is 2.68 bits per heavy atom. The minimum atomic E-state index is -0.941. The Balaban J connectivity index is 0.989. The van der Waals surface area contributed by atoms with E-state index in [1.807, 2.05) is 12.1 Å². The molecule has 1 aliphatic carbocycles. The van der Waals surface area contributed by atoms with Crippen LogP contribution in [0.25, 0.3) is 16.8 Å². The number of nitrogens with zero attached hydrogens (tertiary/aromatic N) is 9. The van der Waals surface area contributed by atoms with Crippen LogP contribution in [-0.4, -0.2) is 99.4 Å². The van der Waals surface area contributed by atoms with Gasteiger partial charge in [0.15, 0.2) is 5.82 Å². The van der Waals surface area contributed by atoms with Gasteiger partial charge in [0, 0.05) is 55.0 Å². The number of hydrogen-bond acceptors (Lipinski definition) is 11. The van der Waals surface area contributed by atoms with Crippen LogP contribution in [0, 0.1) is 11.3 Å². The third kappa shape index (κ3) is 6.46. The molecule has 0 N–H and O–H groups in total. The Morgan fingerprint density at radius 1 is 1.08 bits per heavy atom. The molecule has 4 aliphatic heterocycles. The van der Waals surface area contributed by atoms with Gasteiger partial charge in [0.1, 0.15) is 18.6 Å². The van der Waals surface area contributed by atoms with Crippen molar-refractivity contribution in [3.63, 3.8) is 0 Å². The fourth-order valence-corrected chi connectivity index (χ4v) is 9.15. The molecule has 4 aromatic rings. The number of amides is 1. The maximum Gasteiger partial charge on any atom is 0.318 e. The lowest BCUT2D eigenvalue weighted by Crippen LogP contribution is -2.55. The first-order chi connectivity index (χ1) is 25.9. The molecule has 5 aliphatic rings. The number of anilines is 2. The lowest BCUT2D eigenvalue weighted by molar-refractivity contribution is -0.128. The number of fused-ring (bicyclic) bond motifs is 3. The second-order valence-electron chi connectivity index (χ2n) is 14.9. The molecule has 53 heavy (non-hydrogen) atoms. The van der Waals surface area contributed by atoms with Crippen LogP contribution in [0.3, 0.4) is 0 Å². The predicted molar refractivity (Wildman–Crippen MR) is 198 cm³/mol. The first-order valence-corrected chi connectivity index (χ1v) is 19.0. The molecule has 0 radical (unpaired) electrons. The highest BCUT2D eigenvalue weighted by Gasteiger charge is 2.45. The summed E-state index contributed by atoms with van der Waals surface area (Å²) in [5.74, 6) is 0.700. The molecule has 3 atom stereocenters. The van der Waals surface area contributed by atoms with Gasteiger partial charge in [-0.2, -0.15) is 20.2 Å². The maximum atomic E-state index is 13.5. The van der Waals surface area contributed by atoms with Gasteiger partial charge >= 0.3 is 6.01 Å². The van der Waals surface area contributed by atoms with E-state index in [0.29, 0.717) is 62.5 Å². The quantitative estimate of drug-likeness (QED) is 0.196. The van der Waals surface area contributed by atoms with Crippen molar-refractivity contribution >= 4 is 45.9 Å². The third-order valence-corrected chi connectivity index (χ3v) is 12.1. The van der Waals surface area contributed by atoms with Gasteiger partial charge in [-0.25, -0.2) is 4.39 Å². The molecule has 14 heteroatoms. The van der Waals surface area contributed by atoms with E-state index in [4.69, 9.17) is 30.8 Å². The Morgan fingerprint density at radius 2 is 1.89 bits per heavy atom. The van der Waals surface area contributed by atoms with Crippen molar-refractivity contribution in [3.8, 4) is 12.1 Å². The zero-order chi connectivity index (χ0) is 36.1. The number of nitriles is 1. The van der Waals surface area contributed by atoms with Crippen LogP contribution in [0.2, 0.25) is 5.02 Å². The molecular weight excluding hydrogens is 697 g/mol. The summed E-state index contributed by atoms with van der Waals surface area (Å²) in [4.78, 5) is 36.7. The number of benzene rings is 2. The lowest BCUT2D eigenvalue weighted by atomic mass is 9.95. The third-order valence-electron chi connectivity index (χ3n) is 11.7. The molecule has 4 fully saturated rings. The Labute approximate surface area is 312 Å². The average Bonchev–Trinajstić information content (AvgIpc) is 3.49. The van der Waals surface area contributed by atoms with Gasteiger partial charge in [-0.3, -0.25) is 9.69 Å². The van der Waals surface area contributed by atoms with Crippen molar-refractivity contribution in [1.29, 1.82) is 5.26 Å². The Hall–Kier alpha value is -4.80. The topological polar surface area (TPSA) is 128 Å². The van der Waals surface area contributed by atoms with E-state index in [2.05, 4.69) is 55.2 Å². The molecule has 12 nitrogen and oxygen atoms in total. The molecule has 6 heterocycles. The molecule has 0 bridgehead atoms. The number of rotatable bonds is 9. The van der Waals surface area contributed by atoms with Gasteiger partial charge in [0.05, 0.1) is 47.3 Å². The monoisotopic (exact) mass is 737 g/mol. The average molecular weight is 738 g/mol. The second-order valence-corrected chi connectivity index (χ2v) is 15.3. The summed E-state index contributed by atoms with van der Waals surface area (Å²) in [6, 6.07) is 14.5. The number of aromatic nitrogens is 4. The predicted octanol–water partition coefficient (Wildman–Crippen LogP) is 5.71. The van der Waals surface area contributed by atoms with E-state index in [1.54, 1.807) is 4.90 Å². The number of hydrogen-bond donors (Lipinski definition) is 0. The van der Waals surface area contributed by atoms with Gasteiger partial charge in [-0.05, 0) is 69.1 Å². The highest BCUT2D eigenvalue weighted by atomic mass is 35.5. The molecule has 0 unspecified atom stereocenters. The summed E-state index contributed by atoms with van der Waals surface area (Å²) < 4.78 is 25.2. The SMILES string of the molecule is N#CC[C@H]1CN(c2nc(OCC34CCCN3CCC4)nc3c2CCN(c2cccc4cccc(Cl)c24)C3)CCN1C(=O)/C=C/c1nc([C@H]2C[C@@H]2F)no1. The fraction of sp³-hybridized carbons (Fsp3) is 0.487. The smallest absolute Gasteiger partial charge is 0.318 e. The van der Waals surface area contributed by atoms with Crippen molar-refractivity contribution in [2.24, 2.45) is 0 Å². The standard InChI is InChI=1S/C39H41ClFN9O3/c40-29-7-1-5-25-6-2-8-32(35(25)29)47-18-12-27-31(23-47)43-38(52-24-39-13-3-16-49(39)17-4-14-39)45-37(27)48-19-20-50(26(22-48)11-15-42)34(51)10-9-33-44-36(46-53-33)28-21-30(28)41/h1-2,5-10,26,28,30H,3-4,11-14,16-24H2/b10-9+/t26-,28-,30-/m0/s1. The number of ether oxygens (including phenoxy) is 1. The van der Waals surface area contributed by atoms with Crippen LogP contribution in [0.4, 0.5) is 15.9 Å². The number of carbonyl (C=O) groups is 1. The molecule has 2 aromatic heterocycles. The zero-order valence-corrected chi connectivity index (χ0v) is 30.2. The van der Waals surface area contributed by atoms with Crippen molar-refractivity contribution < 1.29 is 18.4 Å². The molecule has 2 aromatic carbocycles. The van der Waals surface area contributed by atoms with Crippen LogP contribution in [-0.2, 0) is 17.8 Å². The number of alkyl halides is 1. The van der Waals surface area contributed by atoms with Gasteiger partial charge in [0.25, 0.3) is 5.89 Å². The molecule has 274 valence electrons. The second kappa shape index (κ2) is 13.9. The maximum absolute atomic E-state index is 13.5. The number of carbonyl (C=O) groups excluding carboxylic acids is 1. The molecule has 1 saturated carbocycles. The van der Waals surface area contributed by atoms with Crippen LogP contribution in [0.1, 0.15) is 67.4 Å². The summed E-state index contributed by atoms with van der Waals surface area (Å²) in [6.07, 6.45) is 7.76. The summed E-state index contributed by atoms with van der Waals surface area (Å²) in [5.41, 5.74) is 3.09. The molecule has 9 rings (SSSR count). The number of piperazine rings is 1. The molecule has 1 amide bonds. The van der Waals surface area contributed by atoms with Gasteiger partial charge in [-0.15, -0.1) is 0 Å². The van der Waals surface area contributed by atoms with Crippen LogP contribution >= 0.6 is 11.6 Å². The molecule has 3 saturated heterocycles. The van der Waals surface area contributed by atoms with Crippen molar-refractivity contribution in [1.82, 2.24) is 29.9 Å². The van der Waals surface area contributed by atoms with Gasteiger partial charge in [-0.1, -0.05) is 41.0 Å². The summed E-state index contributed by atoms with van der Waals surface area (Å²) >= 11 is 6.76. The Kier molecular flexibility index (Phi) is 8.90. The fourth-order valence-electron chi connectivity index (χ4n) is 8.87. The molecular formula is C39H41ClFN9O3. The largest absolute Gasteiger partial charge is 0.461 e. The van der Waals surface area contributed by atoms with Crippen LogP contribution in [0.15, 0.2) is 47.0 Å². The number of halogens is 2. The first kappa shape index (κ1) is 34.0. The summed E-state index contributed by atoms with van der Waals surface area (Å²) in [6.45, 7) is 5.43. The zero-order valence-electron chi connectivity index (χ0n) is 29.5. The van der Waals surface area contributed by atoms with Crippen molar-refractivity contribution in [3.05, 3.63) is 70.5 Å². The van der Waals surface area contributed by atoms with E-state index in [0.717, 1.165) is 66.0 Å². The highest BCUT2D eigenvalue weighted by molar-refractivity contribution is 6.36. The Bertz CT molecular complexity index is 2100. The minimum Gasteiger partial charge on any atom is -0.461 e. The minimum absolute atomic E-state index is 0.0406.